The molecular weight excluding hydrogens is 366 g/mol. The van der Waals surface area contributed by atoms with E-state index in [1.807, 2.05) is 49.9 Å². The number of fused-ring (bicyclic) bond motifs is 1. The number of likely N-dealkylation sites (tertiary alicyclic amines) is 1. The van der Waals surface area contributed by atoms with E-state index in [1.54, 1.807) is 4.68 Å². The van der Waals surface area contributed by atoms with Crippen LogP contribution in [0.4, 0.5) is 0 Å². The lowest BCUT2D eigenvalue weighted by Crippen LogP contribution is -2.29. The number of carbonyl (C=O) groups is 1. The van der Waals surface area contributed by atoms with Gasteiger partial charge in [-0.05, 0) is 52.2 Å². The Bertz CT molecular complexity index is 1100. The van der Waals surface area contributed by atoms with Crippen molar-refractivity contribution in [3.63, 3.8) is 0 Å². The first-order chi connectivity index (χ1) is 14.0. The Hall–Kier alpha value is -2.96. The fraction of sp³-hybridized carbons (Fsp3) is 0.455. The Labute approximate surface area is 169 Å². The average molecular weight is 393 g/mol. The van der Waals surface area contributed by atoms with Gasteiger partial charge in [0.1, 0.15) is 0 Å². The van der Waals surface area contributed by atoms with Crippen LogP contribution in [0, 0.1) is 20.8 Å². The van der Waals surface area contributed by atoms with Gasteiger partial charge < -0.3 is 4.90 Å². The van der Waals surface area contributed by atoms with Gasteiger partial charge in [0.05, 0.1) is 22.5 Å². The number of hydrogen-bond acceptors (Lipinski definition) is 4. The third kappa shape index (κ3) is 3.69. The minimum atomic E-state index is -0.201. The van der Waals surface area contributed by atoms with E-state index in [1.165, 1.54) is 10.2 Å². The normalized spacial score (nSPS) is 14.1. The number of aromatic nitrogens is 4. The van der Waals surface area contributed by atoms with Gasteiger partial charge in [0, 0.05) is 26.1 Å². The fourth-order valence-corrected chi connectivity index (χ4v) is 4.08. The Morgan fingerprint density at radius 1 is 1.03 bits per heavy atom. The third-order valence-corrected chi connectivity index (χ3v) is 5.68. The van der Waals surface area contributed by atoms with E-state index in [2.05, 4.69) is 10.2 Å². The molecule has 0 N–H and O–H groups in total. The highest BCUT2D eigenvalue weighted by atomic mass is 16.2. The SMILES string of the molecule is Cc1ccc(-n2nc3c(=O)n(CCCC(=O)N4CCCC4)nc(C)c3c2C)cc1. The van der Waals surface area contributed by atoms with Crippen molar-refractivity contribution in [1.82, 2.24) is 24.5 Å². The van der Waals surface area contributed by atoms with Crippen molar-refractivity contribution in [3.8, 4) is 5.69 Å². The zero-order valence-electron chi connectivity index (χ0n) is 17.3. The lowest BCUT2D eigenvalue weighted by molar-refractivity contribution is -0.130. The van der Waals surface area contributed by atoms with Gasteiger partial charge in [-0.15, -0.1) is 0 Å². The molecule has 29 heavy (non-hydrogen) atoms. The van der Waals surface area contributed by atoms with E-state index in [0.717, 1.165) is 48.4 Å². The van der Waals surface area contributed by atoms with Crippen molar-refractivity contribution in [2.24, 2.45) is 0 Å². The van der Waals surface area contributed by atoms with Crippen molar-refractivity contribution >= 4 is 16.8 Å². The first kappa shape index (κ1) is 19.4. The van der Waals surface area contributed by atoms with Crippen molar-refractivity contribution in [2.45, 2.75) is 53.0 Å². The summed E-state index contributed by atoms with van der Waals surface area (Å²) in [4.78, 5) is 27.1. The summed E-state index contributed by atoms with van der Waals surface area (Å²) in [5.41, 5.74) is 4.01. The average Bonchev–Trinajstić information content (AvgIpc) is 3.35. The zero-order valence-corrected chi connectivity index (χ0v) is 17.3. The van der Waals surface area contributed by atoms with Gasteiger partial charge in [0.2, 0.25) is 5.91 Å². The Morgan fingerprint density at radius 2 is 1.72 bits per heavy atom. The van der Waals surface area contributed by atoms with Crippen LogP contribution in [0.2, 0.25) is 0 Å². The summed E-state index contributed by atoms with van der Waals surface area (Å²) in [5.74, 6) is 0.174. The number of carbonyl (C=O) groups excluding carboxylic acids is 1. The third-order valence-electron chi connectivity index (χ3n) is 5.68. The molecule has 0 bridgehead atoms. The summed E-state index contributed by atoms with van der Waals surface area (Å²) in [6, 6.07) is 8.06. The molecule has 3 aromatic rings. The maximum atomic E-state index is 13.0. The van der Waals surface area contributed by atoms with E-state index >= 15 is 0 Å². The molecule has 1 fully saturated rings. The van der Waals surface area contributed by atoms with Crippen LogP contribution in [0.1, 0.15) is 42.6 Å². The first-order valence-corrected chi connectivity index (χ1v) is 10.3. The molecule has 7 nitrogen and oxygen atoms in total. The predicted octanol–water partition coefficient (Wildman–Crippen LogP) is 2.91. The molecule has 1 aliphatic rings. The Morgan fingerprint density at radius 3 is 2.41 bits per heavy atom. The summed E-state index contributed by atoms with van der Waals surface area (Å²) in [5, 5.41) is 9.92. The van der Waals surface area contributed by atoms with Gasteiger partial charge in [-0.2, -0.15) is 10.2 Å². The number of benzene rings is 1. The van der Waals surface area contributed by atoms with Gasteiger partial charge in [0.15, 0.2) is 5.52 Å². The van der Waals surface area contributed by atoms with Crippen LogP contribution >= 0.6 is 0 Å². The predicted molar refractivity (Wildman–Crippen MR) is 112 cm³/mol. The summed E-state index contributed by atoms with van der Waals surface area (Å²) < 4.78 is 3.27. The van der Waals surface area contributed by atoms with E-state index in [0.29, 0.717) is 24.9 Å². The highest BCUT2D eigenvalue weighted by Crippen LogP contribution is 2.21. The quantitative estimate of drug-likeness (QED) is 0.668. The van der Waals surface area contributed by atoms with Gasteiger partial charge in [0.25, 0.3) is 5.56 Å². The van der Waals surface area contributed by atoms with Crippen LogP contribution in [0.5, 0.6) is 0 Å². The van der Waals surface area contributed by atoms with Crippen molar-refractivity contribution in [1.29, 1.82) is 0 Å². The largest absolute Gasteiger partial charge is 0.343 e. The summed E-state index contributed by atoms with van der Waals surface area (Å²) in [7, 11) is 0. The molecule has 0 unspecified atom stereocenters. The van der Waals surface area contributed by atoms with Crippen LogP contribution in [0.15, 0.2) is 29.1 Å². The van der Waals surface area contributed by atoms with Crippen LogP contribution in [-0.2, 0) is 11.3 Å². The van der Waals surface area contributed by atoms with Crippen LogP contribution < -0.4 is 5.56 Å². The molecule has 7 heteroatoms. The molecule has 3 heterocycles. The maximum absolute atomic E-state index is 13.0. The number of rotatable bonds is 5. The molecule has 1 aliphatic heterocycles. The van der Waals surface area contributed by atoms with Crippen LogP contribution in [0.25, 0.3) is 16.6 Å². The van der Waals surface area contributed by atoms with E-state index < -0.39 is 0 Å². The second-order valence-corrected chi connectivity index (χ2v) is 7.86. The van der Waals surface area contributed by atoms with E-state index in [9.17, 15) is 9.59 Å². The van der Waals surface area contributed by atoms with Gasteiger partial charge in [-0.1, -0.05) is 17.7 Å². The molecule has 2 aromatic heterocycles. The summed E-state index contributed by atoms with van der Waals surface area (Å²) in [6.45, 7) is 8.04. The summed E-state index contributed by atoms with van der Waals surface area (Å²) >= 11 is 0. The van der Waals surface area contributed by atoms with Crippen LogP contribution in [-0.4, -0.2) is 43.5 Å². The summed E-state index contributed by atoms with van der Waals surface area (Å²) in [6.07, 6.45) is 3.23. The molecule has 1 saturated heterocycles. The molecule has 4 rings (SSSR count). The molecular formula is C22H27N5O2. The number of aryl methyl sites for hydroxylation is 4. The topological polar surface area (TPSA) is 73.0 Å². The number of nitrogens with zero attached hydrogens (tertiary/aromatic N) is 5. The smallest absolute Gasteiger partial charge is 0.295 e. The second-order valence-electron chi connectivity index (χ2n) is 7.86. The fourth-order valence-electron chi connectivity index (χ4n) is 4.08. The minimum absolute atomic E-state index is 0.174. The monoisotopic (exact) mass is 393 g/mol. The Kier molecular flexibility index (Phi) is 5.22. The number of amides is 1. The minimum Gasteiger partial charge on any atom is -0.343 e. The Balaban J connectivity index is 1.60. The number of hydrogen-bond donors (Lipinski definition) is 0. The van der Waals surface area contributed by atoms with Crippen LogP contribution in [0.3, 0.4) is 0 Å². The molecule has 0 atom stereocenters. The second kappa shape index (κ2) is 7.81. The highest BCUT2D eigenvalue weighted by molar-refractivity contribution is 5.83. The van der Waals surface area contributed by atoms with E-state index in [-0.39, 0.29) is 11.5 Å². The van der Waals surface area contributed by atoms with Gasteiger partial charge in [-0.3, -0.25) is 9.59 Å². The van der Waals surface area contributed by atoms with E-state index in [4.69, 9.17) is 0 Å². The van der Waals surface area contributed by atoms with Crippen molar-refractivity contribution < 1.29 is 4.79 Å². The van der Waals surface area contributed by atoms with Crippen molar-refractivity contribution in [3.05, 3.63) is 51.6 Å². The standard InChI is InChI=1S/C22H27N5O2/c1-15-8-10-18(11-9-15)27-17(3)20-16(2)23-26(22(29)21(20)24-27)14-6-7-19(28)25-12-4-5-13-25/h8-11H,4-7,12-14H2,1-3H3. The molecule has 0 aliphatic carbocycles. The lowest BCUT2D eigenvalue weighted by atomic mass is 10.2. The molecule has 0 saturated carbocycles. The molecule has 152 valence electrons. The highest BCUT2D eigenvalue weighted by Gasteiger charge is 2.19. The maximum Gasteiger partial charge on any atom is 0.295 e. The van der Waals surface area contributed by atoms with Gasteiger partial charge in [-0.25, -0.2) is 9.36 Å². The van der Waals surface area contributed by atoms with Crippen molar-refractivity contribution in [2.75, 3.05) is 13.1 Å². The first-order valence-electron chi connectivity index (χ1n) is 10.3. The van der Waals surface area contributed by atoms with Gasteiger partial charge >= 0.3 is 0 Å². The molecule has 0 radical (unpaired) electrons. The lowest BCUT2D eigenvalue weighted by Gasteiger charge is -2.15. The molecule has 1 amide bonds. The zero-order chi connectivity index (χ0) is 20.5. The molecule has 1 aromatic carbocycles. The molecule has 0 spiro atoms.